The molecule has 1 aliphatic carbocycles. The zero-order valence-corrected chi connectivity index (χ0v) is 12.6. The summed E-state index contributed by atoms with van der Waals surface area (Å²) < 4.78 is 0. The molecule has 0 unspecified atom stereocenters. The van der Waals surface area contributed by atoms with E-state index in [0.717, 1.165) is 58.5 Å². The van der Waals surface area contributed by atoms with Crippen LogP contribution in [0, 0.1) is 0 Å². The molecule has 1 saturated heterocycles. The summed E-state index contributed by atoms with van der Waals surface area (Å²) in [5, 5.41) is 6.52. The molecular formula is C17H25N3O. The van der Waals surface area contributed by atoms with E-state index in [4.69, 9.17) is 0 Å². The lowest BCUT2D eigenvalue weighted by atomic mass is 9.64. The van der Waals surface area contributed by atoms with Gasteiger partial charge in [-0.15, -0.1) is 0 Å². The van der Waals surface area contributed by atoms with E-state index in [9.17, 15) is 4.79 Å². The lowest BCUT2D eigenvalue weighted by molar-refractivity contribution is -0.130. The minimum Gasteiger partial charge on any atom is -0.354 e. The molecule has 1 heterocycles. The SMILES string of the molecule is O=C(NCCN1CCNCC1)C1(c2ccccc2)CCC1. The van der Waals surface area contributed by atoms with E-state index >= 15 is 0 Å². The van der Waals surface area contributed by atoms with Gasteiger partial charge in [0.25, 0.3) is 0 Å². The molecule has 3 rings (SSSR count). The van der Waals surface area contributed by atoms with Crippen LogP contribution in [0.1, 0.15) is 24.8 Å². The van der Waals surface area contributed by atoms with Crippen molar-refractivity contribution in [3.8, 4) is 0 Å². The van der Waals surface area contributed by atoms with Gasteiger partial charge in [0.05, 0.1) is 5.41 Å². The van der Waals surface area contributed by atoms with Crippen LogP contribution in [-0.2, 0) is 10.2 Å². The molecule has 2 aliphatic rings. The van der Waals surface area contributed by atoms with Crippen molar-refractivity contribution in [2.45, 2.75) is 24.7 Å². The largest absolute Gasteiger partial charge is 0.354 e. The molecule has 1 saturated carbocycles. The van der Waals surface area contributed by atoms with Crippen molar-refractivity contribution in [2.75, 3.05) is 39.3 Å². The van der Waals surface area contributed by atoms with Crippen molar-refractivity contribution in [1.29, 1.82) is 0 Å². The number of rotatable bonds is 5. The number of carbonyl (C=O) groups is 1. The number of amides is 1. The summed E-state index contributed by atoms with van der Waals surface area (Å²) in [5.41, 5.74) is 0.918. The highest BCUT2D eigenvalue weighted by atomic mass is 16.2. The van der Waals surface area contributed by atoms with Crippen LogP contribution in [0.5, 0.6) is 0 Å². The van der Waals surface area contributed by atoms with Gasteiger partial charge in [-0.25, -0.2) is 0 Å². The Morgan fingerprint density at radius 3 is 2.52 bits per heavy atom. The van der Waals surface area contributed by atoms with Crippen LogP contribution in [0.2, 0.25) is 0 Å². The summed E-state index contributed by atoms with van der Waals surface area (Å²) in [6.45, 7) is 5.99. The highest BCUT2D eigenvalue weighted by Gasteiger charge is 2.45. The van der Waals surface area contributed by atoms with E-state index in [-0.39, 0.29) is 11.3 Å². The first-order chi connectivity index (χ1) is 10.3. The third-order valence-electron chi connectivity index (χ3n) is 4.89. The van der Waals surface area contributed by atoms with E-state index in [1.165, 1.54) is 5.56 Å². The Morgan fingerprint density at radius 1 is 1.19 bits per heavy atom. The van der Waals surface area contributed by atoms with E-state index in [2.05, 4.69) is 27.7 Å². The van der Waals surface area contributed by atoms with Crippen LogP contribution in [0.4, 0.5) is 0 Å². The quantitative estimate of drug-likeness (QED) is 0.853. The smallest absolute Gasteiger partial charge is 0.230 e. The van der Waals surface area contributed by atoms with Crippen LogP contribution < -0.4 is 10.6 Å². The second-order valence-corrected chi connectivity index (χ2v) is 6.15. The van der Waals surface area contributed by atoms with Gasteiger partial charge in [0.15, 0.2) is 0 Å². The topological polar surface area (TPSA) is 44.4 Å². The predicted molar refractivity (Wildman–Crippen MR) is 84.3 cm³/mol. The number of benzene rings is 1. The molecule has 0 radical (unpaired) electrons. The first-order valence-electron chi connectivity index (χ1n) is 8.08. The van der Waals surface area contributed by atoms with Gasteiger partial charge in [0, 0.05) is 39.3 Å². The molecule has 114 valence electrons. The van der Waals surface area contributed by atoms with Crippen molar-refractivity contribution in [1.82, 2.24) is 15.5 Å². The lowest BCUT2D eigenvalue weighted by Gasteiger charge is -2.41. The van der Waals surface area contributed by atoms with E-state index < -0.39 is 0 Å². The molecule has 1 amide bonds. The van der Waals surface area contributed by atoms with Gasteiger partial charge in [0.2, 0.25) is 5.91 Å². The van der Waals surface area contributed by atoms with E-state index in [1.807, 2.05) is 18.2 Å². The number of piperazine rings is 1. The molecule has 4 nitrogen and oxygen atoms in total. The molecule has 0 bridgehead atoms. The molecule has 1 aliphatic heterocycles. The van der Waals surface area contributed by atoms with Crippen molar-refractivity contribution in [3.63, 3.8) is 0 Å². The van der Waals surface area contributed by atoms with Crippen molar-refractivity contribution in [2.24, 2.45) is 0 Å². The standard InChI is InChI=1S/C17H25N3O/c21-16(19-11-14-20-12-9-18-10-13-20)17(7-4-8-17)15-5-2-1-3-6-15/h1-3,5-6,18H,4,7-14H2,(H,19,21). The Labute approximate surface area is 126 Å². The fourth-order valence-electron chi connectivity index (χ4n) is 3.37. The Bertz CT molecular complexity index is 464. The fraction of sp³-hybridized carbons (Fsp3) is 0.588. The van der Waals surface area contributed by atoms with Crippen molar-refractivity contribution in [3.05, 3.63) is 35.9 Å². The summed E-state index contributed by atoms with van der Waals surface area (Å²) in [7, 11) is 0. The summed E-state index contributed by atoms with van der Waals surface area (Å²) in [6.07, 6.45) is 3.12. The zero-order valence-electron chi connectivity index (χ0n) is 12.6. The van der Waals surface area contributed by atoms with Gasteiger partial charge in [-0.2, -0.15) is 0 Å². The van der Waals surface area contributed by atoms with Gasteiger partial charge in [-0.1, -0.05) is 36.8 Å². The average molecular weight is 287 g/mol. The molecule has 2 N–H and O–H groups in total. The third kappa shape index (κ3) is 3.11. The van der Waals surface area contributed by atoms with E-state index in [1.54, 1.807) is 0 Å². The zero-order chi connectivity index (χ0) is 14.5. The van der Waals surface area contributed by atoms with Gasteiger partial charge >= 0.3 is 0 Å². The average Bonchev–Trinajstić information content (AvgIpc) is 2.48. The Balaban J connectivity index is 1.54. The monoisotopic (exact) mass is 287 g/mol. The molecule has 0 aromatic heterocycles. The Hall–Kier alpha value is -1.39. The van der Waals surface area contributed by atoms with Gasteiger partial charge in [-0.05, 0) is 18.4 Å². The maximum Gasteiger partial charge on any atom is 0.230 e. The molecule has 2 fully saturated rings. The molecule has 21 heavy (non-hydrogen) atoms. The number of nitrogens with zero attached hydrogens (tertiary/aromatic N) is 1. The molecule has 0 atom stereocenters. The third-order valence-corrected chi connectivity index (χ3v) is 4.89. The first-order valence-corrected chi connectivity index (χ1v) is 8.08. The molecule has 0 spiro atoms. The fourth-order valence-corrected chi connectivity index (χ4v) is 3.37. The predicted octanol–water partition coefficient (Wildman–Crippen LogP) is 1.13. The summed E-state index contributed by atoms with van der Waals surface area (Å²) in [6, 6.07) is 10.3. The lowest BCUT2D eigenvalue weighted by Crippen LogP contribution is -2.51. The highest BCUT2D eigenvalue weighted by molar-refractivity contribution is 5.89. The van der Waals surface area contributed by atoms with Crippen molar-refractivity contribution < 1.29 is 4.79 Å². The van der Waals surface area contributed by atoms with Gasteiger partial charge in [0.1, 0.15) is 0 Å². The molecule has 1 aromatic rings. The van der Waals surface area contributed by atoms with Crippen LogP contribution in [-0.4, -0.2) is 50.1 Å². The van der Waals surface area contributed by atoms with Gasteiger partial charge < -0.3 is 10.6 Å². The summed E-state index contributed by atoms with van der Waals surface area (Å²) >= 11 is 0. The van der Waals surface area contributed by atoms with Crippen molar-refractivity contribution >= 4 is 5.91 Å². The Morgan fingerprint density at radius 2 is 1.90 bits per heavy atom. The normalized spacial score (nSPS) is 21.5. The number of hydrogen-bond acceptors (Lipinski definition) is 3. The molecule has 1 aromatic carbocycles. The second kappa shape index (κ2) is 6.58. The Kier molecular flexibility index (Phi) is 4.56. The second-order valence-electron chi connectivity index (χ2n) is 6.15. The number of carbonyl (C=O) groups excluding carboxylic acids is 1. The van der Waals surface area contributed by atoms with Crippen LogP contribution in [0.15, 0.2) is 30.3 Å². The minimum absolute atomic E-state index is 0.218. The molecule has 4 heteroatoms. The van der Waals surface area contributed by atoms with Crippen LogP contribution >= 0.6 is 0 Å². The number of nitrogens with one attached hydrogen (secondary N) is 2. The molecular weight excluding hydrogens is 262 g/mol. The van der Waals surface area contributed by atoms with Crippen LogP contribution in [0.3, 0.4) is 0 Å². The maximum absolute atomic E-state index is 12.6. The van der Waals surface area contributed by atoms with Gasteiger partial charge in [-0.3, -0.25) is 9.69 Å². The number of hydrogen-bond donors (Lipinski definition) is 2. The maximum atomic E-state index is 12.6. The minimum atomic E-state index is -0.259. The first kappa shape index (κ1) is 14.5. The summed E-state index contributed by atoms with van der Waals surface area (Å²) in [5.74, 6) is 0.218. The van der Waals surface area contributed by atoms with E-state index in [0.29, 0.717) is 0 Å². The van der Waals surface area contributed by atoms with Crippen LogP contribution in [0.25, 0.3) is 0 Å². The summed E-state index contributed by atoms with van der Waals surface area (Å²) in [4.78, 5) is 15.1. The highest BCUT2D eigenvalue weighted by Crippen LogP contribution is 2.43.